The first-order valence-corrected chi connectivity index (χ1v) is 6.58. The van der Waals surface area contributed by atoms with Crippen LogP contribution < -0.4 is 0 Å². The number of halogens is 1. The summed E-state index contributed by atoms with van der Waals surface area (Å²) in [6.07, 6.45) is 2.78. The lowest BCUT2D eigenvalue weighted by atomic mass is 10.0. The summed E-state index contributed by atoms with van der Waals surface area (Å²) in [5.41, 5.74) is 2.96. The predicted octanol–water partition coefficient (Wildman–Crippen LogP) is 3.23. The Bertz CT molecular complexity index is 615. The third-order valence-corrected chi connectivity index (χ3v) is 3.63. The van der Waals surface area contributed by atoms with Crippen molar-refractivity contribution in [2.24, 2.45) is 0 Å². The molecule has 1 saturated carbocycles. The second kappa shape index (κ2) is 4.70. The van der Waals surface area contributed by atoms with Gasteiger partial charge >= 0.3 is 5.97 Å². The van der Waals surface area contributed by atoms with E-state index in [1.807, 2.05) is 24.3 Å². The van der Waals surface area contributed by atoms with Crippen molar-refractivity contribution >= 4 is 17.6 Å². The van der Waals surface area contributed by atoms with E-state index in [-0.39, 0.29) is 5.69 Å². The van der Waals surface area contributed by atoms with Crippen LogP contribution in [0.1, 0.15) is 46.1 Å². The Morgan fingerprint density at radius 1 is 1.37 bits per heavy atom. The van der Waals surface area contributed by atoms with Crippen molar-refractivity contribution in [2.45, 2.75) is 25.2 Å². The van der Waals surface area contributed by atoms with Gasteiger partial charge in [-0.05, 0) is 30.5 Å². The zero-order valence-corrected chi connectivity index (χ0v) is 10.9. The number of carbonyl (C=O) groups is 1. The third-order valence-electron chi connectivity index (χ3n) is 3.38. The minimum Gasteiger partial charge on any atom is -0.476 e. The quantitative estimate of drug-likeness (QED) is 0.901. The summed E-state index contributed by atoms with van der Waals surface area (Å²) in [7, 11) is 0. The average Bonchev–Trinajstić information content (AvgIpc) is 3.13. The van der Waals surface area contributed by atoms with E-state index >= 15 is 0 Å². The van der Waals surface area contributed by atoms with Gasteiger partial charge in [0.2, 0.25) is 0 Å². The molecule has 98 valence electrons. The molecule has 1 aliphatic carbocycles. The number of aromatic nitrogens is 2. The molecular weight excluding hydrogens is 264 g/mol. The molecule has 0 aliphatic heterocycles. The highest BCUT2D eigenvalue weighted by Gasteiger charge is 2.31. The number of H-pyrrole nitrogens is 1. The van der Waals surface area contributed by atoms with Crippen LogP contribution in [0.25, 0.3) is 0 Å². The summed E-state index contributed by atoms with van der Waals surface area (Å²) in [6.45, 7) is 0. The maximum Gasteiger partial charge on any atom is 0.356 e. The molecular formula is C14H13ClN2O2. The standard InChI is InChI=1S/C14H13ClN2O2/c15-10-5-1-8(2-6-10)7-11-12(9-3-4-9)16-17-13(11)14(18)19/h1-2,5-6,9H,3-4,7H2,(H,16,17)(H,18,19). The maximum absolute atomic E-state index is 11.2. The summed E-state index contributed by atoms with van der Waals surface area (Å²) in [6, 6.07) is 7.46. The topological polar surface area (TPSA) is 66.0 Å². The van der Waals surface area contributed by atoms with E-state index in [1.54, 1.807) is 0 Å². The molecule has 4 nitrogen and oxygen atoms in total. The molecule has 0 spiro atoms. The summed E-state index contributed by atoms with van der Waals surface area (Å²) in [4.78, 5) is 11.2. The van der Waals surface area contributed by atoms with Crippen molar-refractivity contribution in [3.63, 3.8) is 0 Å². The van der Waals surface area contributed by atoms with Gasteiger partial charge in [-0.15, -0.1) is 0 Å². The first-order valence-electron chi connectivity index (χ1n) is 6.20. The lowest BCUT2D eigenvalue weighted by molar-refractivity contribution is 0.0689. The third kappa shape index (κ3) is 2.49. The van der Waals surface area contributed by atoms with Crippen molar-refractivity contribution in [2.75, 3.05) is 0 Å². The first-order chi connectivity index (χ1) is 9.15. The van der Waals surface area contributed by atoms with Crippen molar-refractivity contribution in [1.29, 1.82) is 0 Å². The summed E-state index contributed by atoms with van der Waals surface area (Å²) in [5, 5.41) is 16.7. The molecule has 1 fully saturated rings. The van der Waals surface area contributed by atoms with Gasteiger partial charge in [-0.3, -0.25) is 5.10 Å². The fraction of sp³-hybridized carbons (Fsp3) is 0.286. The van der Waals surface area contributed by atoms with Crippen LogP contribution in [0.3, 0.4) is 0 Å². The normalized spacial score (nSPS) is 14.6. The second-order valence-electron chi connectivity index (χ2n) is 4.85. The smallest absolute Gasteiger partial charge is 0.356 e. The van der Waals surface area contributed by atoms with Gasteiger partial charge in [0.25, 0.3) is 0 Å². The Hall–Kier alpha value is -1.81. The van der Waals surface area contributed by atoms with Crippen molar-refractivity contribution in [3.8, 4) is 0 Å². The van der Waals surface area contributed by atoms with E-state index in [0.717, 1.165) is 29.7 Å². The average molecular weight is 277 g/mol. The lowest BCUT2D eigenvalue weighted by Gasteiger charge is -2.04. The van der Waals surface area contributed by atoms with E-state index in [0.29, 0.717) is 17.4 Å². The monoisotopic (exact) mass is 276 g/mol. The van der Waals surface area contributed by atoms with Crippen LogP contribution in [0, 0.1) is 0 Å². The van der Waals surface area contributed by atoms with Gasteiger partial charge in [-0.1, -0.05) is 23.7 Å². The summed E-state index contributed by atoms with van der Waals surface area (Å²) >= 11 is 5.85. The Morgan fingerprint density at radius 3 is 2.63 bits per heavy atom. The van der Waals surface area contributed by atoms with E-state index in [2.05, 4.69) is 10.2 Å². The second-order valence-corrected chi connectivity index (χ2v) is 5.28. The van der Waals surface area contributed by atoms with Gasteiger partial charge in [-0.25, -0.2) is 4.79 Å². The van der Waals surface area contributed by atoms with Gasteiger partial charge < -0.3 is 5.11 Å². The summed E-state index contributed by atoms with van der Waals surface area (Å²) in [5.74, 6) is -0.532. The van der Waals surface area contributed by atoms with E-state index < -0.39 is 5.97 Å². The molecule has 1 aliphatic rings. The molecule has 2 aromatic rings. The van der Waals surface area contributed by atoms with Crippen LogP contribution in [0.2, 0.25) is 5.02 Å². The Labute approximate surface area is 115 Å². The molecule has 1 aromatic heterocycles. The molecule has 0 amide bonds. The fourth-order valence-electron chi connectivity index (χ4n) is 2.25. The van der Waals surface area contributed by atoms with E-state index in [9.17, 15) is 9.90 Å². The Kier molecular flexibility index (Phi) is 3.03. The molecule has 0 saturated heterocycles. The van der Waals surface area contributed by atoms with Gasteiger partial charge in [-0.2, -0.15) is 5.10 Å². The van der Waals surface area contributed by atoms with Crippen LogP contribution in [0.15, 0.2) is 24.3 Å². The lowest BCUT2D eigenvalue weighted by Crippen LogP contribution is -2.03. The number of nitrogens with one attached hydrogen (secondary N) is 1. The van der Waals surface area contributed by atoms with Crippen molar-refractivity contribution < 1.29 is 9.90 Å². The minimum absolute atomic E-state index is 0.136. The zero-order valence-electron chi connectivity index (χ0n) is 10.2. The molecule has 0 unspecified atom stereocenters. The number of aromatic amines is 1. The van der Waals surface area contributed by atoms with Crippen molar-refractivity contribution in [1.82, 2.24) is 10.2 Å². The highest BCUT2D eigenvalue weighted by molar-refractivity contribution is 6.30. The number of benzene rings is 1. The first kappa shape index (κ1) is 12.2. The SMILES string of the molecule is O=C(O)c1n[nH]c(C2CC2)c1Cc1ccc(Cl)cc1. The maximum atomic E-state index is 11.2. The van der Waals surface area contributed by atoms with Gasteiger partial charge in [0, 0.05) is 28.6 Å². The highest BCUT2D eigenvalue weighted by Crippen LogP contribution is 2.41. The molecule has 5 heteroatoms. The zero-order chi connectivity index (χ0) is 13.4. The molecule has 1 aromatic carbocycles. The van der Waals surface area contributed by atoms with Crippen LogP contribution >= 0.6 is 11.6 Å². The molecule has 2 N–H and O–H groups in total. The largest absolute Gasteiger partial charge is 0.476 e. The molecule has 0 bridgehead atoms. The van der Waals surface area contributed by atoms with Gasteiger partial charge in [0.1, 0.15) is 0 Å². The van der Waals surface area contributed by atoms with Crippen LogP contribution in [-0.2, 0) is 6.42 Å². The van der Waals surface area contributed by atoms with Gasteiger partial charge in [0.15, 0.2) is 5.69 Å². The van der Waals surface area contributed by atoms with Gasteiger partial charge in [0.05, 0.1) is 0 Å². The fourth-order valence-corrected chi connectivity index (χ4v) is 2.38. The number of rotatable bonds is 4. The van der Waals surface area contributed by atoms with Crippen LogP contribution in [0.4, 0.5) is 0 Å². The number of aromatic carboxylic acids is 1. The molecule has 0 atom stereocenters. The molecule has 0 radical (unpaired) electrons. The molecule has 3 rings (SSSR count). The number of nitrogens with zero attached hydrogens (tertiary/aromatic N) is 1. The Morgan fingerprint density at radius 2 is 2.05 bits per heavy atom. The van der Waals surface area contributed by atoms with Crippen LogP contribution in [0.5, 0.6) is 0 Å². The minimum atomic E-state index is -0.980. The van der Waals surface area contributed by atoms with E-state index in [4.69, 9.17) is 11.6 Å². The number of hydrogen-bond donors (Lipinski definition) is 2. The van der Waals surface area contributed by atoms with Crippen molar-refractivity contribution in [3.05, 3.63) is 51.8 Å². The number of carboxylic acids is 1. The Balaban J connectivity index is 1.95. The highest BCUT2D eigenvalue weighted by atomic mass is 35.5. The number of hydrogen-bond acceptors (Lipinski definition) is 2. The van der Waals surface area contributed by atoms with Crippen LogP contribution in [-0.4, -0.2) is 21.3 Å². The molecule has 19 heavy (non-hydrogen) atoms. The van der Waals surface area contributed by atoms with E-state index in [1.165, 1.54) is 0 Å². The summed E-state index contributed by atoms with van der Waals surface area (Å²) < 4.78 is 0. The predicted molar refractivity (Wildman–Crippen MR) is 71.8 cm³/mol. The number of carboxylic acid groups (broad SMARTS) is 1. The molecule has 1 heterocycles.